The lowest BCUT2D eigenvalue weighted by Crippen LogP contribution is -2.40. The summed E-state index contributed by atoms with van der Waals surface area (Å²) in [5.74, 6) is -0.223. The normalized spacial score (nSPS) is 19.8. The van der Waals surface area contributed by atoms with Crippen molar-refractivity contribution in [3.63, 3.8) is 0 Å². The monoisotopic (exact) mass is 198 g/mol. The predicted molar refractivity (Wildman–Crippen MR) is 53.7 cm³/mol. The zero-order valence-corrected chi connectivity index (χ0v) is 8.75. The highest BCUT2D eigenvalue weighted by Crippen LogP contribution is 2.32. The molecule has 3 nitrogen and oxygen atoms in total. The molecule has 0 aromatic heterocycles. The zero-order valence-electron chi connectivity index (χ0n) is 8.75. The summed E-state index contributed by atoms with van der Waals surface area (Å²) in [6, 6.07) is 0. The Bertz CT molecular complexity index is 205. The van der Waals surface area contributed by atoms with Crippen molar-refractivity contribution < 1.29 is 14.3 Å². The third kappa shape index (κ3) is 3.05. The van der Waals surface area contributed by atoms with Gasteiger partial charge in [0.1, 0.15) is 12.2 Å². The van der Waals surface area contributed by atoms with Crippen molar-refractivity contribution >= 4 is 5.97 Å². The van der Waals surface area contributed by atoms with E-state index in [4.69, 9.17) is 9.47 Å². The highest BCUT2D eigenvalue weighted by Gasteiger charge is 2.35. The summed E-state index contributed by atoms with van der Waals surface area (Å²) in [6.07, 6.45) is 6.64. The molecule has 0 aromatic carbocycles. The smallest absolute Gasteiger partial charge is 0.303 e. The predicted octanol–water partition coefficient (Wildman–Crippen LogP) is 2.41. The SMILES string of the molecule is C=COCC1(OC(C)=O)CCCCC1. The summed E-state index contributed by atoms with van der Waals surface area (Å²) in [5, 5.41) is 0. The van der Waals surface area contributed by atoms with Crippen molar-refractivity contribution in [1.29, 1.82) is 0 Å². The van der Waals surface area contributed by atoms with Crippen LogP contribution < -0.4 is 0 Å². The molecule has 0 saturated heterocycles. The number of hydrogen-bond acceptors (Lipinski definition) is 3. The van der Waals surface area contributed by atoms with Gasteiger partial charge >= 0.3 is 5.97 Å². The van der Waals surface area contributed by atoms with Gasteiger partial charge in [-0.2, -0.15) is 0 Å². The third-order valence-corrected chi connectivity index (χ3v) is 2.59. The summed E-state index contributed by atoms with van der Waals surface area (Å²) in [7, 11) is 0. The molecule has 1 saturated carbocycles. The number of carbonyl (C=O) groups is 1. The molecule has 0 N–H and O–H groups in total. The molecule has 0 bridgehead atoms. The highest BCUT2D eigenvalue weighted by molar-refractivity contribution is 5.66. The summed E-state index contributed by atoms with van der Waals surface area (Å²) < 4.78 is 10.5. The van der Waals surface area contributed by atoms with Crippen LogP contribution in [0.3, 0.4) is 0 Å². The Morgan fingerprint density at radius 1 is 1.43 bits per heavy atom. The molecule has 1 aliphatic carbocycles. The van der Waals surface area contributed by atoms with E-state index in [2.05, 4.69) is 6.58 Å². The Kier molecular flexibility index (Phi) is 3.98. The van der Waals surface area contributed by atoms with Gasteiger partial charge in [0.25, 0.3) is 0 Å². The largest absolute Gasteiger partial charge is 0.498 e. The van der Waals surface area contributed by atoms with Crippen LogP contribution in [0, 0.1) is 0 Å². The molecule has 0 aliphatic heterocycles. The van der Waals surface area contributed by atoms with E-state index in [1.807, 2.05) is 0 Å². The average molecular weight is 198 g/mol. The van der Waals surface area contributed by atoms with Crippen molar-refractivity contribution in [1.82, 2.24) is 0 Å². The van der Waals surface area contributed by atoms with Crippen molar-refractivity contribution in [3.8, 4) is 0 Å². The Balaban J connectivity index is 2.56. The van der Waals surface area contributed by atoms with E-state index in [-0.39, 0.29) is 5.97 Å². The second kappa shape index (κ2) is 5.03. The molecule has 1 aliphatic rings. The maximum atomic E-state index is 11.0. The van der Waals surface area contributed by atoms with Crippen LogP contribution in [0.2, 0.25) is 0 Å². The van der Waals surface area contributed by atoms with Crippen molar-refractivity contribution in [3.05, 3.63) is 12.8 Å². The van der Waals surface area contributed by atoms with Crippen molar-refractivity contribution in [2.24, 2.45) is 0 Å². The van der Waals surface area contributed by atoms with Crippen molar-refractivity contribution in [2.75, 3.05) is 6.61 Å². The summed E-state index contributed by atoms with van der Waals surface area (Å²) in [4.78, 5) is 11.0. The molecule has 0 aromatic rings. The molecule has 80 valence electrons. The minimum Gasteiger partial charge on any atom is -0.498 e. The lowest BCUT2D eigenvalue weighted by atomic mass is 9.85. The van der Waals surface area contributed by atoms with Crippen LogP contribution in [0.1, 0.15) is 39.0 Å². The van der Waals surface area contributed by atoms with Crippen LogP contribution in [0.5, 0.6) is 0 Å². The van der Waals surface area contributed by atoms with Gasteiger partial charge in [0.2, 0.25) is 0 Å². The number of ether oxygens (including phenoxy) is 2. The van der Waals surface area contributed by atoms with E-state index in [9.17, 15) is 4.79 Å². The number of hydrogen-bond donors (Lipinski definition) is 0. The zero-order chi connectivity index (χ0) is 10.4. The highest BCUT2D eigenvalue weighted by atomic mass is 16.6. The van der Waals surface area contributed by atoms with Crippen LogP contribution >= 0.6 is 0 Å². The third-order valence-electron chi connectivity index (χ3n) is 2.59. The first-order valence-electron chi connectivity index (χ1n) is 5.11. The fraction of sp³-hybridized carbons (Fsp3) is 0.727. The van der Waals surface area contributed by atoms with E-state index < -0.39 is 5.60 Å². The molecular formula is C11H18O3. The first-order chi connectivity index (χ1) is 6.68. The van der Waals surface area contributed by atoms with Crippen LogP contribution in [0.25, 0.3) is 0 Å². The van der Waals surface area contributed by atoms with Crippen molar-refractivity contribution in [2.45, 2.75) is 44.6 Å². The molecule has 1 fully saturated rings. The fourth-order valence-corrected chi connectivity index (χ4v) is 1.99. The van der Waals surface area contributed by atoms with Gasteiger partial charge < -0.3 is 9.47 Å². The summed E-state index contributed by atoms with van der Waals surface area (Å²) in [5.41, 5.74) is -0.391. The minimum absolute atomic E-state index is 0.223. The van der Waals surface area contributed by atoms with Gasteiger partial charge in [-0.25, -0.2) is 0 Å². The minimum atomic E-state index is -0.391. The van der Waals surface area contributed by atoms with E-state index in [0.29, 0.717) is 6.61 Å². The molecule has 0 heterocycles. The molecule has 0 amide bonds. The standard InChI is InChI=1S/C11H18O3/c1-3-13-9-11(14-10(2)12)7-5-4-6-8-11/h3H,1,4-9H2,2H3. The molecule has 0 radical (unpaired) electrons. The quantitative estimate of drug-likeness (QED) is 0.514. The number of rotatable bonds is 4. The van der Waals surface area contributed by atoms with E-state index >= 15 is 0 Å². The van der Waals surface area contributed by atoms with Gasteiger partial charge in [0.15, 0.2) is 0 Å². The first kappa shape index (κ1) is 11.1. The fourth-order valence-electron chi connectivity index (χ4n) is 1.99. The Morgan fingerprint density at radius 2 is 2.07 bits per heavy atom. The topological polar surface area (TPSA) is 35.5 Å². The molecule has 1 rings (SSSR count). The Labute approximate surface area is 85.1 Å². The molecular weight excluding hydrogens is 180 g/mol. The molecule has 0 unspecified atom stereocenters. The average Bonchev–Trinajstić information content (AvgIpc) is 2.15. The second-order valence-electron chi connectivity index (χ2n) is 3.81. The Morgan fingerprint density at radius 3 is 2.57 bits per heavy atom. The Hall–Kier alpha value is -0.990. The summed E-state index contributed by atoms with van der Waals surface area (Å²) >= 11 is 0. The molecule has 14 heavy (non-hydrogen) atoms. The van der Waals surface area contributed by atoms with Crippen LogP contribution in [-0.4, -0.2) is 18.2 Å². The van der Waals surface area contributed by atoms with Gasteiger partial charge in [-0.3, -0.25) is 4.79 Å². The molecule has 0 spiro atoms. The van der Waals surface area contributed by atoms with Gasteiger partial charge in [0, 0.05) is 6.92 Å². The number of carbonyl (C=O) groups excluding carboxylic acids is 1. The van der Waals surface area contributed by atoms with Crippen LogP contribution in [0.4, 0.5) is 0 Å². The van der Waals surface area contributed by atoms with E-state index in [1.54, 1.807) is 0 Å². The van der Waals surface area contributed by atoms with Gasteiger partial charge in [-0.1, -0.05) is 13.0 Å². The molecule has 3 heteroatoms. The van der Waals surface area contributed by atoms with Gasteiger partial charge in [-0.05, 0) is 25.7 Å². The van der Waals surface area contributed by atoms with E-state index in [0.717, 1.165) is 25.7 Å². The summed E-state index contributed by atoms with van der Waals surface area (Å²) in [6.45, 7) is 5.38. The molecule has 0 atom stereocenters. The van der Waals surface area contributed by atoms with Gasteiger partial charge in [-0.15, -0.1) is 0 Å². The van der Waals surface area contributed by atoms with Crippen LogP contribution in [0.15, 0.2) is 12.8 Å². The van der Waals surface area contributed by atoms with E-state index in [1.165, 1.54) is 19.6 Å². The maximum Gasteiger partial charge on any atom is 0.303 e. The van der Waals surface area contributed by atoms with Crippen LogP contribution in [-0.2, 0) is 14.3 Å². The maximum absolute atomic E-state index is 11.0. The second-order valence-corrected chi connectivity index (χ2v) is 3.81. The van der Waals surface area contributed by atoms with Gasteiger partial charge in [0.05, 0.1) is 6.26 Å². The number of esters is 1. The lowest BCUT2D eigenvalue weighted by Gasteiger charge is -2.35. The lowest BCUT2D eigenvalue weighted by molar-refractivity contribution is -0.166. The first-order valence-corrected chi connectivity index (χ1v) is 5.11.